The predicted octanol–water partition coefficient (Wildman–Crippen LogP) is 13.2. The maximum Gasteiger partial charge on any atom is 0.0346 e. The molecule has 0 bridgehead atoms. The van der Waals surface area contributed by atoms with Crippen molar-refractivity contribution in [3.63, 3.8) is 0 Å². The molecule has 0 aliphatic carbocycles. The predicted molar refractivity (Wildman–Crippen MR) is 231 cm³/mol. The molecule has 0 atom stereocenters. The molecule has 3 heterocycles. The van der Waals surface area contributed by atoms with Crippen molar-refractivity contribution in [2.75, 3.05) is 0 Å². The van der Waals surface area contributed by atoms with Crippen LogP contribution in [0.4, 0.5) is 0 Å². The molecule has 5 aromatic carbocycles. The minimum absolute atomic E-state index is 0. The largest absolute Gasteiger partial charge is 0.304 e. The fourth-order valence-electron chi connectivity index (χ4n) is 7.13. The van der Waals surface area contributed by atoms with Gasteiger partial charge >= 0.3 is 228 Å². The summed E-state index contributed by atoms with van der Waals surface area (Å²) < 4.78 is 41.3. The summed E-state index contributed by atoms with van der Waals surface area (Å²) in [5.41, 5.74) is 10.7. The molecule has 0 unspecified atom stereocenters. The van der Waals surface area contributed by atoms with E-state index in [-0.39, 0.29) is 25.7 Å². The van der Waals surface area contributed by atoms with E-state index in [2.05, 4.69) is 133 Å². The van der Waals surface area contributed by atoms with Gasteiger partial charge in [0.25, 0.3) is 0 Å². The molecule has 8 rings (SSSR count). The Morgan fingerprint density at radius 2 is 1.49 bits per heavy atom. The van der Waals surface area contributed by atoms with Gasteiger partial charge in [0.15, 0.2) is 0 Å². The summed E-state index contributed by atoms with van der Waals surface area (Å²) in [6.45, 7) is 10.2. The summed E-state index contributed by atoms with van der Waals surface area (Å²) in [4.78, 5) is 9.43. The number of rotatable bonds is 7. The second kappa shape index (κ2) is 16.4. The first kappa shape index (κ1) is 35.1. The van der Waals surface area contributed by atoms with E-state index >= 15 is 0 Å². The molecule has 4 nitrogen and oxygen atoms in total. The zero-order valence-electron chi connectivity index (χ0n) is 37.1. The molecular weight excluding hydrogens is 911 g/mol. The van der Waals surface area contributed by atoms with Crippen molar-refractivity contribution in [2.45, 2.75) is 83.4 Å². The average molecular weight is 967 g/mol. The van der Waals surface area contributed by atoms with E-state index in [1.54, 1.807) is 26.0 Å². The molecule has 55 heavy (non-hydrogen) atoms. The summed E-state index contributed by atoms with van der Waals surface area (Å²) in [6.07, 6.45) is 1.36. The topological polar surface area (TPSA) is 43.9 Å². The molecule has 0 saturated carbocycles. The maximum atomic E-state index is 8.16. The van der Waals surface area contributed by atoms with Crippen LogP contribution in [0.1, 0.15) is 87.0 Å². The Hall–Kier alpha value is -4.29. The Bertz CT molecular complexity index is 2730. The van der Waals surface area contributed by atoms with Gasteiger partial charge in [-0.05, 0) is 29.6 Å². The number of pyridine rings is 1. The van der Waals surface area contributed by atoms with E-state index in [0.717, 1.165) is 49.9 Å². The van der Waals surface area contributed by atoms with Crippen LogP contribution in [0.5, 0.6) is 0 Å². The molecule has 6 heteroatoms. The van der Waals surface area contributed by atoms with Crippen LogP contribution in [0.15, 0.2) is 114 Å². The minimum atomic E-state index is -2.26. The number of nitrogens with zero attached hydrogens (tertiary/aromatic N) is 3. The number of para-hydroxylation sites is 3. The molecule has 8 aromatic rings. The molecule has 0 spiro atoms. The Morgan fingerprint density at radius 3 is 2.15 bits per heavy atom. The Labute approximate surface area is 348 Å². The third-order valence-corrected chi connectivity index (χ3v) is 14.4. The van der Waals surface area contributed by atoms with Crippen LogP contribution in [0, 0.1) is 19.0 Å². The van der Waals surface area contributed by atoms with Crippen LogP contribution in [-0.4, -0.2) is 27.8 Å². The molecule has 0 saturated heterocycles. The molecule has 0 aliphatic rings. The van der Waals surface area contributed by atoms with Crippen LogP contribution in [0.25, 0.3) is 61.3 Å². The van der Waals surface area contributed by atoms with Crippen LogP contribution in [0.2, 0.25) is 17.3 Å². The van der Waals surface area contributed by atoms with Gasteiger partial charge in [-0.3, -0.25) is 0 Å². The number of fused-ring (bicyclic) bond motifs is 4. The number of hydrogen-bond acceptors (Lipinski definition) is 3. The maximum absolute atomic E-state index is 8.16. The Kier molecular flexibility index (Phi) is 10.5. The molecule has 0 amide bonds. The second-order valence-electron chi connectivity index (χ2n) is 15.9. The second-order valence-corrected chi connectivity index (χ2v) is 26.6. The summed E-state index contributed by atoms with van der Waals surface area (Å²) in [7, 11) is 0. The number of furan rings is 1. The van der Waals surface area contributed by atoms with Gasteiger partial charge in [0.1, 0.15) is 0 Å². The first-order chi connectivity index (χ1) is 27.3. The van der Waals surface area contributed by atoms with E-state index in [0.29, 0.717) is 23.1 Å². The number of imidazole rings is 1. The zero-order valence-corrected chi connectivity index (χ0v) is 37.6. The van der Waals surface area contributed by atoms with Crippen molar-refractivity contribution in [1.82, 2.24) is 14.5 Å². The minimum Gasteiger partial charge on any atom is -0.304 e. The standard InChI is InChI=1S/C34H35GeN2O.C15H16N.Ir/c1-21(2)24-12-10-13-25(22(3)4)32(24)37-30-17-9-8-16-29(30)36-34(37)28-15-11-14-27-26-19-18-23(35(5,6)7)20-31(26)38-33(27)28;1-11(2)14-9-15(16-10-12(14)3)13-7-5-4-6-8-13;/h8-14,16-22H,1-7H3;4-7,9-11H,1-3H3;/q2*-1;/i;3D3,11D;. The van der Waals surface area contributed by atoms with Gasteiger partial charge in [0.2, 0.25) is 0 Å². The quantitative estimate of drug-likeness (QED) is 0.118. The molecule has 3 aromatic heterocycles. The SMILES string of the molecule is CC(C)c1cccc(C(C)C)c1-n1c(-c2[c-]ccc3c2oc2c[c]([Ge]([CH3])([CH3])[CH3])ccc23)nc2ccccc21.[2H]C([2H])([2H])c1cnc(-c2[c-]cccc2)cc1C([2H])(C)C.[Ir]. The van der Waals surface area contributed by atoms with Crippen molar-refractivity contribution >= 4 is 50.6 Å². The van der Waals surface area contributed by atoms with Gasteiger partial charge < -0.3 is 4.98 Å². The molecule has 0 aliphatic heterocycles. The van der Waals surface area contributed by atoms with Crippen molar-refractivity contribution in [2.24, 2.45) is 0 Å². The van der Waals surface area contributed by atoms with E-state index in [1.807, 2.05) is 24.3 Å². The van der Waals surface area contributed by atoms with Crippen molar-refractivity contribution in [3.05, 3.63) is 144 Å². The summed E-state index contributed by atoms with van der Waals surface area (Å²) in [6, 6.07) is 41.7. The first-order valence-electron chi connectivity index (χ1n) is 20.8. The number of aryl methyl sites for hydroxylation is 1. The smallest absolute Gasteiger partial charge is 0.0346 e. The molecule has 1 radical (unpaired) electrons. The molecule has 0 N–H and O–H groups in total. The van der Waals surface area contributed by atoms with Gasteiger partial charge in [0, 0.05) is 31.8 Å². The number of benzene rings is 5. The normalized spacial score (nSPS) is 13.3. The monoisotopic (exact) mass is 968 g/mol. The van der Waals surface area contributed by atoms with E-state index in [4.69, 9.17) is 14.9 Å². The van der Waals surface area contributed by atoms with E-state index < -0.39 is 26.0 Å². The Balaban J connectivity index is 0.000000236. The summed E-state index contributed by atoms with van der Waals surface area (Å²) >= 11 is -2.00. The van der Waals surface area contributed by atoms with Crippen LogP contribution in [0.3, 0.4) is 0 Å². The summed E-state index contributed by atoms with van der Waals surface area (Å²) in [5, 5.41) is 2.26. The fourth-order valence-corrected chi connectivity index (χ4v) is 9.54. The Morgan fingerprint density at radius 1 is 0.764 bits per heavy atom. The molecule has 0 fully saturated rings. The van der Waals surface area contributed by atoms with Crippen LogP contribution >= 0.6 is 0 Å². The molecule has 283 valence electrons. The van der Waals surface area contributed by atoms with Gasteiger partial charge in [-0.25, -0.2) is 0 Å². The number of aromatic nitrogens is 3. The van der Waals surface area contributed by atoms with Gasteiger partial charge in [-0.1, -0.05) is 19.9 Å². The van der Waals surface area contributed by atoms with Gasteiger partial charge in [-0.15, -0.1) is 35.9 Å². The third-order valence-electron chi connectivity index (χ3n) is 10.1. The van der Waals surface area contributed by atoms with Gasteiger partial charge in [-0.2, -0.15) is 0 Å². The first-order valence-corrected chi connectivity index (χ1v) is 26.2. The van der Waals surface area contributed by atoms with Crippen molar-refractivity contribution in [3.8, 4) is 28.3 Å². The van der Waals surface area contributed by atoms with E-state index in [9.17, 15) is 0 Å². The third kappa shape index (κ3) is 8.03. The zero-order chi connectivity index (χ0) is 41.7. The number of hydrogen-bond donors (Lipinski definition) is 0. The molecular formula is C49H51GeIrN3O-2. The van der Waals surface area contributed by atoms with Gasteiger partial charge in [0.05, 0.1) is 0 Å². The fraction of sp³-hybridized carbons (Fsp3) is 0.265. The summed E-state index contributed by atoms with van der Waals surface area (Å²) in [5.74, 6) is 7.86. The average Bonchev–Trinajstić information content (AvgIpc) is 3.75. The van der Waals surface area contributed by atoms with Crippen molar-refractivity contribution < 1.29 is 30.0 Å². The van der Waals surface area contributed by atoms with Crippen LogP contribution in [-0.2, 0) is 20.1 Å². The van der Waals surface area contributed by atoms with Crippen molar-refractivity contribution in [1.29, 1.82) is 0 Å². The van der Waals surface area contributed by atoms with E-state index in [1.165, 1.54) is 27.4 Å². The van der Waals surface area contributed by atoms with Crippen LogP contribution < -0.4 is 4.40 Å².